The van der Waals surface area contributed by atoms with Crippen LogP contribution in [0, 0.1) is 41.5 Å². The lowest BCUT2D eigenvalue weighted by molar-refractivity contribution is 0.0654. The van der Waals surface area contributed by atoms with Crippen molar-refractivity contribution in [2.45, 2.75) is 128 Å². The standard InChI is InChI=1S/C56H64N2O8S2/c1-33-23-35(3)51(36(4)24-33)67(61,62)57-47(39-19-15-13-16-20-39)31-65-53(57)45-29-41(55(7,8)9)27-43(49(45)59)44-28-42(56(10,11)12)30-46(50(44)60)54-58(48(32-66-54)40-21-17-14-18-22-40)68(63,64)52-37(5)25-34(2)26-38(52)6/h13-30,47-48,53-54,59-60H,31-32H2,1-12H3/t47-,48-,53+,54+/m1/s1. The number of nitrogens with zero attached hydrogens (tertiary/aromatic N) is 2. The van der Waals surface area contributed by atoms with E-state index in [9.17, 15) is 10.2 Å². The van der Waals surface area contributed by atoms with Crippen LogP contribution in [0.3, 0.4) is 0 Å². The number of benzene rings is 6. The van der Waals surface area contributed by atoms with Gasteiger partial charge in [0.1, 0.15) is 11.5 Å². The normalized spacial score (nSPS) is 19.8. The van der Waals surface area contributed by atoms with Crippen LogP contribution in [0.15, 0.2) is 119 Å². The molecule has 0 amide bonds. The zero-order chi connectivity index (χ0) is 49.4. The average Bonchev–Trinajstić information content (AvgIpc) is 3.90. The van der Waals surface area contributed by atoms with E-state index in [1.54, 1.807) is 39.8 Å². The molecule has 10 nitrogen and oxygen atoms in total. The highest BCUT2D eigenvalue weighted by atomic mass is 32.2. The average molecular weight is 957 g/mol. The Hall–Kier alpha value is -5.34. The van der Waals surface area contributed by atoms with Crippen LogP contribution in [0.25, 0.3) is 11.1 Å². The van der Waals surface area contributed by atoms with Crippen molar-refractivity contribution in [3.63, 3.8) is 0 Å². The monoisotopic (exact) mass is 956 g/mol. The molecule has 2 fully saturated rings. The zero-order valence-electron chi connectivity index (χ0n) is 41.2. The summed E-state index contributed by atoms with van der Waals surface area (Å²) in [5, 5.41) is 25.8. The Morgan fingerprint density at radius 3 is 1.09 bits per heavy atom. The van der Waals surface area contributed by atoms with Gasteiger partial charge in [0, 0.05) is 22.3 Å². The lowest BCUT2D eigenvalue weighted by Crippen LogP contribution is -2.35. The van der Waals surface area contributed by atoms with Gasteiger partial charge in [-0.05, 0) is 121 Å². The van der Waals surface area contributed by atoms with Gasteiger partial charge in [-0.2, -0.15) is 8.61 Å². The molecule has 2 N–H and O–H groups in total. The van der Waals surface area contributed by atoms with Crippen molar-refractivity contribution in [3.8, 4) is 22.6 Å². The highest BCUT2D eigenvalue weighted by Gasteiger charge is 2.49. The molecule has 2 heterocycles. The number of hydrogen-bond donors (Lipinski definition) is 2. The van der Waals surface area contributed by atoms with Gasteiger partial charge in [0.25, 0.3) is 0 Å². The van der Waals surface area contributed by atoms with Crippen molar-refractivity contribution >= 4 is 20.0 Å². The molecule has 0 radical (unpaired) electrons. The van der Waals surface area contributed by atoms with Crippen molar-refractivity contribution < 1.29 is 36.5 Å². The fourth-order valence-corrected chi connectivity index (χ4v) is 14.4. The van der Waals surface area contributed by atoms with E-state index in [-0.39, 0.29) is 56.8 Å². The van der Waals surface area contributed by atoms with E-state index in [1.165, 1.54) is 8.61 Å². The number of sulfonamides is 2. The predicted octanol–water partition coefficient (Wildman–Crippen LogP) is 12.1. The van der Waals surface area contributed by atoms with Gasteiger partial charge in [0.05, 0.1) is 35.1 Å². The van der Waals surface area contributed by atoms with Crippen LogP contribution in [-0.4, -0.2) is 48.9 Å². The minimum absolute atomic E-state index is 0.00708. The number of ether oxygens (including phenoxy) is 2. The van der Waals surface area contributed by atoms with E-state index in [4.69, 9.17) is 9.47 Å². The Labute approximate surface area is 403 Å². The molecule has 68 heavy (non-hydrogen) atoms. The van der Waals surface area contributed by atoms with Crippen LogP contribution in [0.1, 0.15) is 133 Å². The van der Waals surface area contributed by atoms with Gasteiger partial charge in [0.2, 0.25) is 20.0 Å². The summed E-state index contributed by atoms with van der Waals surface area (Å²) >= 11 is 0. The Bertz CT molecular complexity index is 2880. The first-order valence-corrected chi connectivity index (χ1v) is 26.0. The zero-order valence-corrected chi connectivity index (χ0v) is 42.8. The first kappa shape index (κ1) is 49.1. The van der Waals surface area contributed by atoms with Crippen molar-refractivity contribution in [2.24, 2.45) is 0 Å². The third-order valence-corrected chi connectivity index (χ3v) is 17.7. The minimum atomic E-state index is -4.32. The fourth-order valence-electron chi connectivity index (χ4n) is 10.2. The van der Waals surface area contributed by atoms with Gasteiger partial charge in [-0.25, -0.2) is 16.8 Å². The van der Waals surface area contributed by atoms with Crippen LogP contribution in [-0.2, 0) is 40.4 Å². The van der Waals surface area contributed by atoms with Crippen LogP contribution in [0.2, 0.25) is 0 Å². The molecule has 358 valence electrons. The summed E-state index contributed by atoms with van der Waals surface area (Å²) in [5.74, 6) is -0.571. The lowest BCUT2D eigenvalue weighted by atomic mass is 9.80. The second-order valence-corrected chi connectivity index (χ2v) is 24.3. The van der Waals surface area contributed by atoms with Crippen LogP contribution >= 0.6 is 0 Å². The molecular formula is C56H64N2O8S2. The summed E-state index contributed by atoms with van der Waals surface area (Å²) in [7, 11) is -8.63. The highest BCUT2D eigenvalue weighted by molar-refractivity contribution is 7.89. The first-order valence-electron chi connectivity index (χ1n) is 23.1. The lowest BCUT2D eigenvalue weighted by Gasteiger charge is -2.32. The van der Waals surface area contributed by atoms with E-state index in [1.807, 2.05) is 152 Å². The van der Waals surface area contributed by atoms with Gasteiger partial charge in [-0.3, -0.25) is 0 Å². The molecule has 8 rings (SSSR count). The molecule has 2 saturated heterocycles. The van der Waals surface area contributed by atoms with Crippen LogP contribution in [0.5, 0.6) is 11.5 Å². The third kappa shape index (κ3) is 8.80. The van der Waals surface area contributed by atoms with Crippen molar-refractivity contribution in [2.75, 3.05) is 13.2 Å². The van der Waals surface area contributed by atoms with E-state index < -0.39 is 55.4 Å². The number of phenols is 2. The topological polar surface area (TPSA) is 134 Å². The van der Waals surface area contributed by atoms with Gasteiger partial charge in [0.15, 0.2) is 12.5 Å². The van der Waals surface area contributed by atoms with E-state index in [0.29, 0.717) is 22.3 Å². The molecule has 2 aliphatic rings. The number of aromatic hydroxyl groups is 2. The number of aryl methyl sites for hydroxylation is 6. The summed E-state index contributed by atoms with van der Waals surface area (Å²) in [4.78, 5) is 0.347. The molecule has 4 atom stereocenters. The maximum atomic E-state index is 15.4. The van der Waals surface area contributed by atoms with Crippen molar-refractivity contribution in [3.05, 3.63) is 176 Å². The number of rotatable bonds is 9. The fraction of sp³-hybridized carbons (Fsp3) is 0.357. The van der Waals surface area contributed by atoms with Gasteiger partial charge >= 0.3 is 0 Å². The smallest absolute Gasteiger partial charge is 0.246 e. The SMILES string of the molecule is Cc1cc(C)c(S(=O)(=O)N2[C@@H](c3ccccc3)CO[C@H]2c2cc(C(C)(C)C)cc(-c3cc(C(C)(C)C)cc([C@@H]4OC[C@H](c5ccccc5)N4S(=O)(=O)c4c(C)cc(C)cc4C)c3O)c2O)c(C)c1. The first-order chi connectivity index (χ1) is 31.8. The Morgan fingerprint density at radius 1 is 0.485 bits per heavy atom. The third-order valence-electron chi connectivity index (χ3n) is 13.4. The molecule has 0 aromatic heterocycles. The van der Waals surface area contributed by atoms with Gasteiger partial charge in [-0.15, -0.1) is 0 Å². The van der Waals surface area contributed by atoms with Gasteiger partial charge < -0.3 is 19.7 Å². The largest absolute Gasteiger partial charge is 0.507 e. The predicted molar refractivity (Wildman–Crippen MR) is 268 cm³/mol. The summed E-state index contributed by atoms with van der Waals surface area (Å²) < 4.78 is 77.4. The summed E-state index contributed by atoms with van der Waals surface area (Å²) in [6.45, 7) is 23.2. The maximum Gasteiger partial charge on any atom is 0.246 e. The summed E-state index contributed by atoms with van der Waals surface area (Å²) in [6, 6.07) is 31.8. The van der Waals surface area contributed by atoms with Crippen LogP contribution in [0.4, 0.5) is 0 Å². The summed E-state index contributed by atoms with van der Waals surface area (Å²) in [6.07, 6.45) is -2.57. The van der Waals surface area contributed by atoms with Crippen molar-refractivity contribution in [1.82, 2.24) is 8.61 Å². The maximum absolute atomic E-state index is 15.4. The highest BCUT2D eigenvalue weighted by Crippen LogP contribution is 2.53. The summed E-state index contributed by atoms with van der Waals surface area (Å²) in [5.41, 5.74) is 6.95. The quantitative estimate of drug-likeness (QED) is 0.146. The molecule has 0 unspecified atom stereocenters. The van der Waals surface area contributed by atoms with Crippen molar-refractivity contribution in [1.29, 1.82) is 0 Å². The molecule has 0 spiro atoms. The van der Waals surface area contributed by atoms with E-state index in [0.717, 1.165) is 33.4 Å². The Kier molecular flexibility index (Phi) is 12.9. The number of phenolic OH excluding ortho intramolecular Hbond substituents is 2. The molecule has 0 saturated carbocycles. The molecule has 0 bridgehead atoms. The second-order valence-electron chi connectivity index (χ2n) is 20.8. The van der Waals surface area contributed by atoms with Crippen LogP contribution < -0.4 is 0 Å². The molecule has 0 aliphatic carbocycles. The molecule has 6 aromatic carbocycles. The second kappa shape index (κ2) is 17.9. The minimum Gasteiger partial charge on any atom is -0.507 e. The van der Waals surface area contributed by atoms with E-state index >= 15 is 16.8 Å². The molecule has 2 aliphatic heterocycles. The Balaban J connectivity index is 1.37. The number of hydrogen-bond acceptors (Lipinski definition) is 8. The van der Waals surface area contributed by atoms with Gasteiger partial charge in [-0.1, -0.05) is 138 Å². The van der Waals surface area contributed by atoms with E-state index in [2.05, 4.69) is 0 Å². The molecule has 12 heteroatoms. The molecular weight excluding hydrogens is 893 g/mol. The Morgan fingerprint density at radius 2 is 0.794 bits per heavy atom. The molecule has 6 aromatic rings.